The van der Waals surface area contributed by atoms with Gasteiger partial charge in [0, 0.05) is 12.6 Å². The molecule has 1 heterocycles. The van der Waals surface area contributed by atoms with Crippen LogP contribution in [0.25, 0.3) is 11.0 Å². The van der Waals surface area contributed by atoms with E-state index in [9.17, 15) is 9.59 Å². The quantitative estimate of drug-likeness (QED) is 0.733. The third-order valence-corrected chi connectivity index (χ3v) is 3.82. The summed E-state index contributed by atoms with van der Waals surface area (Å²) >= 11 is 0. The predicted octanol–water partition coefficient (Wildman–Crippen LogP) is 3.74. The minimum Gasteiger partial charge on any atom is -0.451 e. The number of amides is 1. The van der Waals surface area contributed by atoms with E-state index in [2.05, 4.69) is 10.6 Å². The fourth-order valence-corrected chi connectivity index (χ4v) is 2.53. The first-order valence-electron chi connectivity index (χ1n) is 8.24. The van der Waals surface area contributed by atoms with Gasteiger partial charge in [-0.2, -0.15) is 5.26 Å². The first-order chi connectivity index (χ1) is 12.6. The third kappa shape index (κ3) is 3.57. The van der Waals surface area contributed by atoms with Crippen molar-refractivity contribution in [1.29, 1.82) is 5.26 Å². The van der Waals surface area contributed by atoms with Crippen molar-refractivity contribution in [2.75, 3.05) is 17.2 Å². The normalized spacial score (nSPS) is 10.3. The zero-order valence-electron chi connectivity index (χ0n) is 14.2. The number of rotatable bonds is 5. The molecule has 1 aromatic heterocycles. The van der Waals surface area contributed by atoms with Gasteiger partial charge in [-0.25, -0.2) is 0 Å². The summed E-state index contributed by atoms with van der Waals surface area (Å²) in [7, 11) is 0. The summed E-state index contributed by atoms with van der Waals surface area (Å²) in [5, 5.41) is 15.4. The molecule has 1 amide bonds. The molecule has 6 nitrogen and oxygen atoms in total. The van der Waals surface area contributed by atoms with Gasteiger partial charge in [0.25, 0.3) is 5.91 Å². The fraction of sp³-hybridized carbons (Fsp3) is 0.150. The summed E-state index contributed by atoms with van der Waals surface area (Å²) in [6, 6.07) is 14.9. The lowest BCUT2D eigenvalue weighted by Crippen LogP contribution is -2.16. The Kier molecular flexibility index (Phi) is 4.99. The molecule has 0 saturated heterocycles. The van der Waals surface area contributed by atoms with Crippen LogP contribution in [0.4, 0.5) is 11.4 Å². The zero-order chi connectivity index (χ0) is 18.5. The molecule has 3 aromatic rings. The molecule has 0 aliphatic heterocycles. The highest BCUT2D eigenvalue weighted by atomic mass is 16.3. The molecule has 130 valence electrons. The Hall–Kier alpha value is -3.59. The Labute approximate surface area is 150 Å². The van der Waals surface area contributed by atoms with Gasteiger partial charge >= 0.3 is 0 Å². The van der Waals surface area contributed by atoms with E-state index in [-0.39, 0.29) is 11.2 Å². The molecule has 0 aliphatic carbocycles. The number of nitriles is 1. The van der Waals surface area contributed by atoms with E-state index in [0.717, 1.165) is 13.0 Å². The molecular formula is C20H17N3O3. The van der Waals surface area contributed by atoms with Crippen LogP contribution in [0.3, 0.4) is 0 Å². The highest BCUT2D eigenvalue weighted by Gasteiger charge is 2.14. The van der Waals surface area contributed by atoms with E-state index >= 15 is 0 Å². The van der Waals surface area contributed by atoms with Gasteiger partial charge in [0.05, 0.1) is 28.4 Å². The molecular weight excluding hydrogens is 330 g/mol. The lowest BCUT2D eigenvalue weighted by molar-refractivity contribution is 0.0997. The van der Waals surface area contributed by atoms with Crippen molar-refractivity contribution < 1.29 is 9.21 Å². The van der Waals surface area contributed by atoms with E-state index in [1.165, 1.54) is 6.07 Å². The van der Waals surface area contributed by atoms with Crippen LogP contribution >= 0.6 is 0 Å². The number of fused-ring (bicyclic) bond motifs is 1. The monoisotopic (exact) mass is 347 g/mol. The molecule has 0 saturated carbocycles. The van der Waals surface area contributed by atoms with Gasteiger partial charge in [-0.3, -0.25) is 9.59 Å². The maximum Gasteiger partial charge on any atom is 0.291 e. The summed E-state index contributed by atoms with van der Waals surface area (Å²) in [4.78, 5) is 24.8. The zero-order valence-corrected chi connectivity index (χ0v) is 14.2. The van der Waals surface area contributed by atoms with Crippen molar-refractivity contribution >= 4 is 28.3 Å². The summed E-state index contributed by atoms with van der Waals surface area (Å²) < 4.78 is 5.56. The number of hydrogen-bond acceptors (Lipinski definition) is 5. The van der Waals surface area contributed by atoms with Crippen LogP contribution in [0.15, 0.2) is 57.7 Å². The topological polar surface area (TPSA) is 95.1 Å². The molecule has 0 bridgehead atoms. The van der Waals surface area contributed by atoms with Gasteiger partial charge in [-0.1, -0.05) is 19.1 Å². The van der Waals surface area contributed by atoms with Crippen LogP contribution in [-0.2, 0) is 0 Å². The lowest BCUT2D eigenvalue weighted by Gasteiger charge is -2.13. The molecule has 0 aliphatic rings. The van der Waals surface area contributed by atoms with E-state index in [1.807, 2.05) is 13.0 Å². The number of nitrogens with zero attached hydrogens (tertiary/aromatic N) is 1. The highest BCUT2D eigenvalue weighted by Crippen LogP contribution is 2.24. The second-order valence-corrected chi connectivity index (χ2v) is 5.72. The van der Waals surface area contributed by atoms with Gasteiger partial charge in [-0.05, 0) is 36.8 Å². The maximum absolute atomic E-state index is 12.6. The molecule has 0 atom stereocenters. The Morgan fingerprint density at radius 2 is 1.96 bits per heavy atom. The molecule has 2 aromatic carbocycles. The SMILES string of the molecule is CCCNc1ccc(C#N)cc1NC(=O)c1cc(=O)c2ccccc2o1. The second kappa shape index (κ2) is 7.53. The minimum absolute atomic E-state index is 0.0856. The van der Waals surface area contributed by atoms with Crippen molar-refractivity contribution in [3.8, 4) is 6.07 Å². The van der Waals surface area contributed by atoms with E-state index in [0.29, 0.717) is 27.9 Å². The van der Waals surface area contributed by atoms with Crippen molar-refractivity contribution in [3.63, 3.8) is 0 Å². The summed E-state index contributed by atoms with van der Waals surface area (Å²) in [6.07, 6.45) is 0.910. The predicted molar refractivity (Wildman–Crippen MR) is 100 cm³/mol. The van der Waals surface area contributed by atoms with E-state index in [4.69, 9.17) is 9.68 Å². The Balaban J connectivity index is 1.95. The number of benzene rings is 2. The number of hydrogen-bond donors (Lipinski definition) is 2. The van der Waals surface area contributed by atoms with Crippen LogP contribution in [0, 0.1) is 11.3 Å². The molecule has 26 heavy (non-hydrogen) atoms. The molecule has 0 fully saturated rings. The van der Waals surface area contributed by atoms with Gasteiger partial charge in [-0.15, -0.1) is 0 Å². The molecule has 6 heteroatoms. The van der Waals surface area contributed by atoms with Crippen LogP contribution in [-0.4, -0.2) is 12.5 Å². The average molecular weight is 347 g/mol. The average Bonchev–Trinajstić information content (AvgIpc) is 2.66. The first-order valence-corrected chi connectivity index (χ1v) is 8.24. The molecule has 0 unspecified atom stereocenters. The smallest absolute Gasteiger partial charge is 0.291 e. The van der Waals surface area contributed by atoms with Gasteiger partial charge in [0.2, 0.25) is 0 Å². The van der Waals surface area contributed by atoms with Crippen molar-refractivity contribution in [1.82, 2.24) is 0 Å². The number of carbonyl (C=O) groups is 1. The van der Waals surface area contributed by atoms with Crippen molar-refractivity contribution in [2.24, 2.45) is 0 Å². The number of para-hydroxylation sites is 1. The van der Waals surface area contributed by atoms with Crippen LogP contribution in [0.1, 0.15) is 29.5 Å². The van der Waals surface area contributed by atoms with E-state index in [1.54, 1.807) is 42.5 Å². The summed E-state index contributed by atoms with van der Waals surface area (Å²) in [6.45, 7) is 2.75. The maximum atomic E-state index is 12.6. The van der Waals surface area contributed by atoms with Crippen LogP contribution in [0.5, 0.6) is 0 Å². The Bertz CT molecular complexity index is 1060. The Morgan fingerprint density at radius 1 is 1.15 bits per heavy atom. The van der Waals surface area contributed by atoms with E-state index < -0.39 is 5.91 Å². The number of anilines is 2. The molecule has 3 rings (SSSR count). The second-order valence-electron chi connectivity index (χ2n) is 5.72. The van der Waals surface area contributed by atoms with Crippen molar-refractivity contribution in [3.05, 3.63) is 70.1 Å². The first kappa shape index (κ1) is 17.2. The van der Waals surface area contributed by atoms with Gasteiger partial charge in [0.15, 0.2) is 11.2 Å². The molecule has 0 radical (unpaired) electrons. The lowest BCUT2D eigenvalue weighted by atomic mass is 10.1. The number of carbonyl (C=O) groups excluding carboxylic acids is 1. The molecule has 2 N–H and O–H groups in total. The molecule has 0 spiro atoms. The summed E-state index contributed by atoms with van der Waals surface area (Å²) in [5.41, 5.74) is 1.63. The highest BCUT2D eigenvalue weighted by molar-refractivity contribution is 6.04. The summed E-state index contributed by atoms with van der Waals surface area (Å²) in [5.74, 6) is -0.639. The third-order valence-electron chi connectivity index (χ3n) is 3.82. The Morgan fingerprint density at radius 3 is 2.73 bits per heavy atom. The largest absolute Gasteiger partial charge is 0.451 e. The van der Waals surface area contributed by atoms with Crippen LogP contribution in [0.2, 0.25) is 0 Å². The standard InChI is InChI=1S/C20H17N3O3/c1-2-9-22-15-8-7-13(12-21)10-16(15)23-20(25)19-11-17(24)14-5-3-4-6-18(14)26-19/h3-8,10-11,22H,2,9H2,1H3,(H,23,25). The fourth-order valence-electron chi connectivity index (χ4n) is 2.53. The van der Waals surface area contributed by atoms with Gasteiger partial charge < -0.3 is 15.1 Å². The minimum atomic E-state index is -0.553. The van der Waals surface area contributed by atoms with Crippen molar-refractivity contribution in [2.45, 2.75) is 13.3 Å². The van der Waals surface area contributed by atoms with Crippen LogP contribution < -0.4 is 16.1 Å². The van der Waals surface area contributed by atoms with Gasteiger partial charge in [0.1, 0.15) is 5.58 Å². The number of nitrogens with one attached hydrogen (secondary N) is 2.